The van der Waals surface area contributed by atoms with Gasteiger partial charge in [-0.1, -0.05) is 6.07 Å². The third-order valence-electron chi connectivity index (χ3n) is 3.15. The molecule has 0 aliphatic rings. The zero-order chi connectivity index (χ0) is 14.9. The molecule has 1 heterocycles. The number of hydrogen-bond acceptors (Lipinski definition) is 4. The lowest BCUT2D eigenvalue weighted by atomic mass is 10.1. The number of benzene rings is 1. The second kappa shape index (κ2) is 5.28. The maximum Gasteiger partial charge on any atom is 0.255 e. The van der Waals surface area contributed by atoms with Crippen LogP contribution < -0.4 is 5.32 Å². The molecule has 2 aromatic rings. The van der Waals surface area contributed by atoms with E-state index in [1.165, 1.54) is 18.2 Å². The Hall–Kier alpha value is -2.43. The molecule has 3 N–H and O–H groups in total. The first-order chi connectivity index (χ1) is 9.40. The van der Waals surface area contributed by atoms with Gasteiger partial charge in [0, 0.05) is 5.56 Å². The number of aryl methyl sites for hydroxylation is 2. The molecule has 1 unspecified atom stereocenters. The molecule has 2 rings (SSSR count). The number of phenolic OH excluding ortho intramolecular Hbond substituents is 2. The van der Waals surface area contributed by atoms with Crippen molar-refractivity contribution in [3.63, 3.8) is 0 Å². The van der Waals surface area contributed by atoms with Crippen molar-refractivity contribution in [3.05, 3.63) is 46.9 Å². The first-order valence-corrected chi connectivity index (χ1v) is 6.29. The fourth-order valence-corrected chi connectivity index (χ4v) is 2.15. The van der Waals surface area contributed by atoms with Gasteiger partial charge in [-0.2, -0.15) is 0 Å². The van der Waals surface area contributed by atoms with E-state index in [-0.39, 0.29) is 17.4 Å². The lowest BCUT2D eigenvalue weighted by Gasteiger charge is -2.14. The molecule has 0 saturated carbocycles. The van der Waals surface area contributed by atoms with Gasteiger partial charge in [0.05, 0.1) is 11.6 Å². The van der Waals surface area contributed by atoms with E-state index in [1.807, 2.05) is 26.8 Å². The zero-order valence-corrected chi connectivity index (χ0v) is 11.6. The molecule has 0 saturated heterocycles. The van der Waals surface area contributed by atoms with Crippen LogP contribution in [0.5, 0.6) is 11.5 Å². The van der Waals surface area contributed by atoms with Crippen LogP contribution in [-0.4, -0.2) is 16.1 Å². The van der Waals surface area contributed by atoms with Gasteiger partial charge < -0.3 is 19.9 Å². The Labute approximate surface area is 116 Å². The molecule has 1 aromatic heterocycles. The fourth-order valence-electron chi connectivity index (χ4n) is 2.15. The van der Waals surface area contributed by atoms with Crippen LogP contribution in [-0.2, 0) is 0 Å². The Morgan fingerprint density at radius 2 is 2.00 bits per heavy atom. The van der Waals surface area contributed by atoms with Gasteiger partial charge in [-0.15, -0.1) is 0 Å². The molecule has 1 atom stereocenters. The molecule has 0 radical (unpaired) electrons. The Kier molecular flexibility index (Phi) is 3.70. The molecule has 0 fully saturated rings. The Morgan fingerprint density at radius 3 is 2.60 bits per heavy atom. The second-order valence-electron chi connectivity index (χ2n) is 4.74. The highest BCUT2D eigenvalue weighted by Crippen LogP contribution is 2.29. The van der Waals surface area contributed by atoms with Crippen LogP contribution in [0.4, 0.5) is 0 Å². The van der Waals surface area contributed by atoms with Crippen molar-refractivity contribution in [2.24, 2.45) is 0 Å². The predicted octanol–water partition coefficient (Wildman–Crippen LogP) is 2.80. The van der Waals surface area contributed by atoms with Crippen LogP contribution in [0, 0.1) is 13.8 Å². The van der Waals surface area contributed by atoms with E-state index in [2.05, 4.69) is 5.32 Å². The summed E-state index contributed by atoms with van der Waals surface area (Å²) in [6.07, 6.45) is 0. The number of amides is 1. The van der Waals surface area contributed by atoms with Crippen LogP contribution in [0.3, 0.4) is 0 Å². The summed E-state index contributed by atoms with van der Waals surface area (Å²) in [5, 5.41) is 21.8. The number of nitrogens with one attached hydrogen (secondary N) is 1. The third kappa shape index (κ3) is 2.61. The van der Waals surface area contributed by atoms with Crippen molar-refractivity contribution < 1.29 is 19.4 Å². The van der Waals surface area contributed by atoms with Crippen molar-refractivity contribution in [3.8, 4) is 11.5 Å². The average molecular weight is 275 g/mol. The van der Waals surface area contributed by atoms with Gasteiger partial charge in [0.1, 0.15) is 11.5 Å². The van der Waals surface area contributed by atoms with Crippen LogP contribution in [0.1, 0.15) is 40.4 Å². The molecule has 0 aliphatic heterocycles. The van der Waals surface area contributed by atoms with E-state index < -0.39 is 11.7 Å². The maximum absolute atomic E-state index is 12.1. The topological polar surface area (TPSA) is 82.7 Å². The van der Waals surface area contributed by atoms with Gasteiger partial charge in [-0.3, -0.25) is 4.79 Å². The zero-order valence-electron chi connectivity index (χ0n) is 11.6. The molecule has 0 aliphatic carbocycles. The van der Waals surface area contributed by atoms with E-state index >= 15 is 0 Å². The highest BCUT2D eigenvalue weighted by molar-refractivity contribution is 5.97. The van der Waals surface area contributed by atoms with Crippen molar-refractivity contribution in [2.45, 2.75) is 26.8 Å². The second-order valence-corrected chi connectivity index (χ2v) is 4.74. The molecule has 1 amide bonds. The van der Waals surface area contributed by atoms with E-state index in [9.17, 15) is 15.0 Å². The smallest absolute Gasteiger partial charge is 0.255 e. The maximum atomic E-state index is 12.1. The van der Waals surface area contributed by atoms with E-state index in [4.69, 9.17) is 4.42 Å². The van der Waals surface area contributed by atoms with Gasteiger partial charge in [0.2, 0.25) is 0 Å². The van der Waals surface area contributed by atoms with Crippen molar-refractivity contribution in [2.75, 3.05) is 0 Å². The summed E-state index contributed by atoms with van der Waals surface area (Å²) in [6, 6.07) is 5.87. The minimum atomic E-state index is -0.454. The number of hydrogen-bond donors (Lipinski definition) is 3. The number of rotatable bonds is 3. The number of phenols is 2. The van der Waals surface area contributed by atoms with Crippen LogP contribution in [0.25, 0.3) is 0 Å². The number of para-hydroxylation sites is 1. The number of aromatic hydroxyl groups is 2. The lowest BCUT2D eigenvalue weighted by Crippen LogP contribution is -2.26. The molecule has 0 bridgehead atoms. The van der Waals surface area contributed by atoms with Gasteiger partial charge in [-0.05, 0) is 39.0 Å². The van der Waals surface area contributed by atoms with Crippen molar-refractivity contribution >= 4 is 5.91 Å². The highest BCUT2D eigenvalue weighted by Gasteiger charge is 2.19. The Bertz CT molecular complexity index is 645. The van der Waals surface area contributed by atoms with Crippen molar-refractivity contribution in [1.29, 1.82) is 0 Å². The minimum absolute atomic E-state index is 0.0368. The molecular weight excluding hydrogens is 258 g/mol. The SMILES string of the molecule is Cc1cc(C(C)NC(=O)c2cccc(O)c2O)c(C)o1. The molecule has 0 spiro atoms. The van der Waals surface area contributed by atoms with Gasteiger partial charge in [-0.25, -0.2) is 0 Å². The molecule has 1 aromatic carbocycles. The van der Waals surface area contributed by atoms with E-state index in [0.717, 1.165) is 17.1 Å². The van der Waals surface area contributed by atoms with Crippen LogP contribution >= 0.6 is 0 Å². The van der Waals surface area contributed by atoms with Gasteiger partial charge in [0.15, 0.2) is 11.5 Å². The monoisotopic (exact) mass is 275 g/mol. The summed E-state index contributed by atoms with van der Waals surface area (Å²) in [5.74, 6) is 0.330. The number of carbonyl (C=O) groups excluding carboxylic acids is 1. The van der Waals surface area contributed by atoms with Gasteiger partial charge in [0.25, 0.3) is 5.91 Å². The third-order valence-corrected chi connectivity index (χ3v) is 3.15. The largest absolute Gasteiger partial charge is 0.504 e. The first-order valence-electron chi connectivity index (χ1n) is 6.29. The molecule has 20 heavy (non-hydrogen) atoms. The van der Waals surface area contributed by atoms with Crippen LogP contribution in [0.15, 0.2) is 28.7 Å². The quantitative estimate of drug-likeness (QED) is 0.752. The average Bonchev–Trinajstić information content (AvgIpc) is 2.71. The molecular formula is C15H17NO4. The lowest BCUT2D eigenvalue weighted by molar-refractivity contribution is 0.0936. The first kappa shape index (κ1) is 14.0. The van der Waals surface area contributed by atoms with E-state index in [0.29, 0.717) is 0 Å². The normalized spacial score (nSPS) is 12.2. The fraction of sp³-hybridized carbons (Fsp3) is 0.267. The number of furan rings is 1. The summed E-state index contributed by atoms with van der Waals surface area (Å²) < 4.78 is 5.43. The Balaban J connectivity index is 2.19. The summed E-state index contributed by atoms with van der Waals surface area (Å²) in [7, 11) is 0. The Morgan fingerprint density at radius 1 is 1.30 bits per heavy atom. The summed E-state index contributed by atoms with van der Waals surface area (Å²) >= 11 is 0. The van der Waals surface area contributed by atoms with Gasteiger partial charge >= 0.3 is 0 Å². The summed E-state index contributed by atoms with van der Waals surface area (Å²) in [6.45, 7) is 5.50. The summed E-state index contributed by atoms with van der Waals surface area (Å²) in [4.78, 5) is 12.1. The number of carbonyl (C=O) groups is 1. The molecule has 5 heteroatoms. The minimum Gasteiger partial charge on any atom is -0.504 e. The van der Waals surface area contributed by atoms with E-state index in [1.54, 1.807) is 0 Å². The van der Waals surface area contributed by atoms with Crippen LogP contribution in [0.2, 0.25) is 0 Å². The highest BCUT2D eigenvalue weighted by atomic mass is 16.3. The standard InChI is InChI=1S/C15H17NO4/c1-8-7-12(10(3)20-8)9(2)16-15(19)11-5-4-6-13(17)14(11)18/h4-7,9,17-18H,1-3H3,(H,16,19). The summed E-state index contributed by atoms with van der Waals surface area (Å²) in [5.41, 5.74) is 0.921. The van der Waals surface area contributed by atoms with Crippen molar-refractivity contribution in [1.82, 2.24) is 5.32 Å². The predicted molar refractivity (Wildman–Crippen MR) is 73.8 cm³/mol. The molecule has 5 nitrogen and oxygen atoms in total. The molecule has 106 valence electrons.